The van der Waals surface area contributed by atoms with Crippen LogP contribution >= 0.6 is 39.0 Å². The van der Waals surface area contributed by atoms with Crippen molar-refractivity contribution in [1.29, 1.82) is 0 Å². The van der Waals surface area contributed by atoms with Crippen molar-refractivity contribution in [2.24, 2.45) is 29.6 Å². The monoisotopic (exact) mass is 737 g/mol. The van der Waals surface area contributed by atoms with Crippen LogP contribution in [-0.4, -0.2) is 34.6 Å². The SMILES string of the molecule is O=C(COc1ccc([C@H]2c3sc(=O)[nH]c3SC3C2[C@H]2C[C@@H]3C3C(=O)N(c4ccc(Br)cc4)C(=O)C32)cc1)Nc1cccc2ccccc12. The number of benzene rings is 4. The van der Waals surface area contributed by atoms with Crippen LogP contribution in [0.15, 0.2) is 105 Å². The molecule has 11 heteroatoms. The second-order valence-corrected chi connectivity index (χ2v) is 16.0. The number of anilines is 2. The van der Waals surface area contributed by atoms with Crippen molar-refractivity contribution < 1.29 is 19.1 Å². The quantitative estimate of drug-likeness (QED) is 0.181. The van der Waals surface area contributed by atoms with Gasteiger partial charge in [-0.2, -0.15) is 0 Å². The van der Waals surface area contributed by atoms with Gasteiger partial charge in [0, 0.05) is 31.6 Å². The van der Waals surface area contributed by atoms with Gasteiger partial charge in [0.25, 0.3) is 5.91 Å². The van der Waals surface area contributed by atoms with E-state index in [9.17, 15) is 19.2 Å². The highest BCUT2D eigenvalue weighted by atomic mass is 79.9. The third-order valence-corrected chi connectivity index (χ3v) is 13.6. The van der Waals surface area contributed by atoms with Gasteiger partial charge in [-0.15, -0.1) is 11.8 Å². The van der Waals surface area contributed by atoms with Crippen molar-refractivity contribution in [3.05, 3.63) is 116 Å². The summed E-state index contributed by atoms with van der Waals surface area (Å²) in [4.78, 5) is 58.6. The maximum Gasteiger partial charge on any atom is 0.305 e. The minimum Gasteiger partial charge on any atom is -0.484 e. The Bertz CT molecular complexity index is 2180. The van der Waals surface area contributed by atoms with Crippen molar-refractivity contribution in [1.82, 2.24) is 4.98 Å². The number of fused-ring (bicyclic) bond motifs is 10. The Morgan fingerprint density at radius 2 is 1.62 bits per heavy atom. The molecule has 4 unspecified atom stereocenters. The van der Waals surface area contributed by atoms with Crippen LogP contribution < -0.4 is 19.8 Å². The third-order valence-electron chi connectivity index (χ3n) is 10.5. The molecule has 3 fully saturated rings. The number of carbonyl (C=O) groups excluding carboxylic acids is 3. The average molecular weight is 739 g/mol. The number of imide groups is 1. The van der Waals surface area contributed by atoms with Gasteiger partial charge in [0.2, 0.25) is 11.8 Å². The maximum atomic E-state index is 14.0. The topological polar surface area (TPSA) is 109 Å². The number of thiazole rings is 1. The summed E-state index contributed by atoms with van der Waals surface area (Å²) < 4.78 is 6.77. The fraction of sp³-hybridized carbons (Fsp3) is 0.243. The van der Waals surface area contributed by atoms with Crippen molar-refractivity contribution in [2.45, 2.75) is 22.6 Å². The summed E-state index contributed by atoms with van der Waals surface area (Å²) >= 11 is 6.35. The maximum absolute atomic E-state index is 14.0. The molecule has 1 saturated heterocycles. The van der Waals surface area contributed by atoms with Gasteiger partial charge in [0.05, 0.1) is 22.5 Å². The molecule has 2 aliphatic heterocycles. The molecule has 8 nitrogen and oxygen atoms in total. The number of nitrogens with one attached hydrogen (secondary N) is 2. The number of aromatic nitrogens is 1. The first-order valence-corrected chi connectivity index (χ1v) is 18.4. The van der Waals surface area contributed by atoms with E-state index >= 15 is 0 Å². The Kier molecular flexibility index (Phi) is 7.14. The predicted molar refractivity (Wildman–Crippen MR) is 190 cm³/mol. The molecule has 2 aliphatic carbocycles. The van der Waals surface area contributed by atoms with Crippen LogP contribution in [0.5, 0.6) is 5.75 Å². The summed E-state index contributed by atoms with van der Waals surface area (Å²) in [5, 5.41) is 5.94. The van der Waals surface area contributed by atoms with Gasteiger partial charge < -0.3 is 15.0 Å². The Balaban J connectivity index is 0.966. The summed E-state index contributed by atoms with van der Waals surface area (Å²) in [6.07, 6.45) is 0.825. The first kappa shape index (κ1) is 29.9. The van der Waals surface area contributed by atoms with Crippen molar-refractivity contribution in [3.63, 3.8) is 0 Å². The van der Waals surface area contributed by atoms with Gasteiger partial charge in [0.1, 0.15) is 5.75 Å². The van der Waals surface area contributed by atoms with Crippen LogP contribution in [-0.2, 0) is 14.4 Å². The van der Waals surface area contributed by atoms with E-state index < -0.39 is 0 Å². The molecule has 4 aliphatic rings. The zero-order valence-corrected chi connectivity index (χ0v) is 28.5. The molecule has 2 saturated carbocycles. The minimum atomic E-state index is -0.365. The van der Waals surface area contributed by atoms with E-state index in [0.717, 1.165) is 42.8 Å². The number of amides is 3. The van der Waals surface area contributed by atoms with E-state index in [0.29, 0.717) is 11.4 Å². The van der Waals surface area contributed by atoms with E-state index in [1.165, 1.54) is 16.2 Å². The molecule has 0 radical (unpaired) electrons. The van der Waals surface area contributed by atoms with Crippen LogP contribution in [0.4, 0.5) is 11.4 Å². The molecule has 4 aromatic carbocycles. The first-order valence-electron chi connectivity index (χ1n) is 15.9. The smallest absolute Gasteiger partial charge is 0.305 e. The second kappa shape index (κ2) is 11.5. The fourth-order valence-corrected chi connectivity index (χ4v) is 11.8. The van der Waals surface area contributed by atoms with Crippen LogP contribution in [0.3, 0.4) is 0 Å². The number of H-pyrrole nitrogens is 1. The molecule has 7 atom stereocenters. The highest BCUT2D eigenvalue weighted by Crippen LogP contribution is 2.68. The van der Waals surface area contributed by atoms with Gasteiger partial charge >= 0.3 is 4.87 Å². The lowest BCUT2D eigenvalue weighted by Gasteiger charge is -2.43. The number of carbonyl (C=O) groups is 3. The standard InChI is InChI=1S/C37H28BrN3O5S2/c38-20-10-12-21(13-11-20)41-35(43)30-24-16-25(31(30)36(41)44)32-29(24)28(33-34(47-32)40-37(45)48-33)19-8-14-22(15-9-19)46-17-27(42)39-26-7-3-5-18-4-1-2-6-23(18)26/h1-15,24-25,28-32H,16-17H2,(H,39,42)(H,40,45)/t24-,25-,28-,29?,30?,31?,32?/m1/s1. The Hall–Kier alpha value is -4.19. The number of hydrogen-bond acceptors (Lipinski definition) is 7. The van der Waals surface area contributed by atoms with Gasteiger partial charge in [-0.25, -0.2) is 0 Å². The molecule has 3 amide bonds. The number of thioether (sulfide) groups is 1. The fourth-order valence-electron chi connectivity index (χ4n) is 8.68. The number of aromatic amines is 1. The number of nitrogens with zero attached hydrogens (tertiary/aromatic N) is 1. The Labute approximate surface area is 292 Å². The largest absolute Gasteiger partial charge is 0.484 e. The molecule has 3 heterocycles. The second-order valence-electron chi connectivity index (χ2n) is 12.9. The zero-order chi connectivity index (χ0) is 32.7. The minimum absolute atomic E-state index is 0.0263. The van der Waals surface area contributed by atoms with Crippen molar-refractivity contribution >= 4 is 78.9 Å². The molecule has 1 aromatic heterocycles. The van der Waals surface area contributed by atoms with Crippen molar-refractivity contribution in [3.8, 4) is 5.75 Å². The normalized spacial score (nSPS) is 26.8. The van der Waals surface area contributed by atoms with Gasteiger partial charge in [-0.1, -0.05) is 75.8 Å². The van der Waals surface area contributed by atoms with Crippen LogP contribution in [0.1, 0.15) is 22.8 Å². The van der Waals surface area contributed by atoms with E-state index in [1.54, 1.807) is 11.8 Å². The van der Waals surface area contributed by atoms with E-state index in [1.807, 2.05) is 91.0 Å². The summed E-state index contributed by atoms with van der Waals surface area (Å²) in [7, 11) is 0. The third kappa shape index (κ3) is 4.69. The first-order chi connectivity index (χ1) is 23.4. The molecule has 2 bridgehead atoms. The lowest BCUT2D eigenvalue weighted by atomic mass is 9.68. The van der Waals surface area contributed by atoms with Crippen LogP contribution in [0.25, 0.3) is 10.8 Å². The van der Waals surface area contributed by atoms with E-state index in [-0.39, 0.29) is 70.0 Å². The number of halogens is 1. The molecule has 2 N–H and O–H groups in total. The zero-order valence-electron chi connectivity index (χ0n) is 25.3. The summed E-state index contributed by atoms with van der Waals surface area (Å²) in [6, 6.07) is 28.7. The Morgan fingerprint density at radius 1 is 0.896 bits per heavy atom. The molecular formula is C37H28BrN3O5S2. The van der Waals surface area contributed by atoms with Crippen molar-refractivity contribution in [2.75, 3.05) is 16.8 Å². The number of hydrogen-bond donors (Lipinski definition) is 2. The lowest BCUT2D eigenvalue weighted by Crippen LogP contribution is -2.42. The summed E-state index contributed by atoms with van der Waals surface area (Å²) in [6.45, 7) is -0.144. The number of rotatable bonds is 6. The van der Waals surface area contributed by atoms with Gasteiger partial charge in [0.15, 0.2) is 6.61 Å². The molecule has 5 aromatic rings. The molecule has 240 valence electrons. The summed E-state index contributed by atoms with van der Waals surface area (Å²) in [5.41, 5.74) is 2.37. The molecule has 9 rings (SSSR count). The van der Waals surface area contributed by atoms with Gasteiger partial charge in [-0.05, 0) is 77.6 Å². The number of ether oxygens (including phenoxy) is 1. The Morgan fingerprint density at radius 3 is 2.42 bits per heavy atom. The van der Waals surface area contributed by atoms with Crippen LogP contribution in [0, 0.1) is 29.6 Å². The molecular weight excluding hydrogens is 710 g/mol. The van der Waals surface area contributed by atoms with E-state index in [4.69, 9.17) is 4.74 Å². The predicted octanol–water partition coefficient (Wildman–Crippen LogP) is 7.05. The lowest BCUT2D eigenvalue weighted by molar-refractivity contribution is -0.123. The summed E-state index contributed by atoms with van der Waals surface area (Å²) in [5.74, 6) is -0.545. The highest BCUT2D eigenvalue weighted by molar-refractivity contribution is 9.10. The molecule has 48 heavy (non-hydrogen) atoms. The highest BCUT2D eigenvalue weighted by Gasteiger charge is 2.69. The molecule has 0 spiro atoms. The van der Waals surface area contributed by atoms with Crippen LogP contribution in [0.2, 0.25) is 0 Å². The van der Waals surface area contributed by atoms with E-state index in [2.05, 4.69) is 26.2 Å². The van der Waals surface area contributed by atoms with Gasteiger partial charge in [-0.3, -0.25) is 24.1 Å². The average Bonchev–Trinajstić information content (AvgIpc) is 3.83.